The molecule has 2 aliphatic heterocycles. The van der Waals surface area contributed by atoms with E-state index in [1.54, 1.807) is 11.1 Å². The van der Waals surface area contributed by atoms with Crippen LogP contribution >= 0.6 is 11.8 Å². The van der Waals surface area contributed by atoms with Crippen LogP contribution in [0.5, 0.6) is 0 Å². The Bertz CT molecular complexity index is 629. The average Bonchev–Trinajstić information content (AvgIpc) is 2.87. The molecular weight excluding hydrogens is 274 g/mol. The van der Waals surface area contributed by atoms with Gasteiger partial charge in [0.1, 0.15) is 0 Å². The lowest BCUT2D eigenvalue weighted by atomic mass is 9.84. The van der Waals surface area contributed by atoms with Crippen molar-refractivity contribution in [2.75, 3.05) is 20.1 Å². The zero-order chi connectivity index (χ0) is 14.3. The van der Waals surface area contributed by atoms with E-state index < -0.39 is 0 Å². The summed E-state index contributed by atoms with van der Waals surface area (Å²) >= 11 is 2.19. The van der Waals surface area contributed by atoms with Gasteiger partial charge in [-0.25, -0.2) is 0 Å². The summed E-state index contributed by atoms with van der Waals surface area (Å²) in [4.78, 5) is 2.46. The van der Waals surface area contributed by atoms with Crippen LogP contribution in [0.4, 0.5) is 0 Å². The van der Waals surface area contributed by atoms with Gasteiger partial charge >= 0.3 is 0 Å². The van der Waals surface area contributed by atoms with E-state index >= 15 is 0 Å². The van der Waals surface area contributed by atoms with Crippen LogP contribution < -0.4 is 0 Å². The fraction of sp³-hybridized carbons (Fsp3) is 0.368. The van der Waals surface area contributed by atoms with Crippen LogP contribution in [-0.2, 0) is 4.75 Å². The van der Waals surface area contributed by atoms with Crippen LogP contribution in [0.2, 0.25) is 0 Å². The monoisotopic (exact) mass is 295 g/mol. The molecule has 0 aliphatic carbocycles. The topological polar surface area (TPSA) is 3.24 Å². The number of thioether (sulfide) groups is 1. The van der Waals surface area contributed by atoms with Crippen LogP contribution in [0, 0.1) is 0 Å². The minimum atomic E-state index is 0.337. The van der Waals surface area contributed by atoms with Crippen LogP contribution in [0.3, 0.4) is 0 Å². The van der Waals surface area contributed by atoms with Crippen molar-refractivity contribution < 1.29 is 0 Å². The maximum Gasteiger partial charge on any atom is 0.0558 e. The lowest BCUT2D eigenvalue weighted by Crippen LogP contribution is -2.37. The molecular formula is C19H21NS. The van der Waals surface area contributed by atoms with Gasteiger partial charge in [0, 0.05) is 4.75 Å². The third-order valence-electron chi connectivity index (χ3n) is 4.97. The molecule has 2 heteroatoms. The van der Waals surface area contributed by atoms with Gasteiger partial charge in [-0.05, 0) is 49.7 Å². The molecule has 0 N–H and O–H groups in total. The van der Waals surface area contributed by atoms with Gasteiger partial charge in [-0.3, -0.25) is 0 Å². The summed E-state index contributed by atoms with van der Waals surface area (Å²) in [6, 6.07) is 20.1. The highest BCUT2D eigenvalue weighted by Crippen LogP contribution is 2.61. The van der Waals surface area contributed by atoms with Crippen LogP contribution in [-0.4, -0.2) is 25.0 Å². The highest BCUT2D eigenvalue weighted by Gasteiger charge is 2.45. The normalized spacial score (nSPS) is 24.1. The molecule has 2 heterocycles. The molecule has 0 bridgehead atoms. The number of hydrogen-bond donors (Lipinski definition) is 0. The van der Waals surface area contributed by atoms with Crippen molar-refractivity contribution >= 4 is 11.8 Å². The molecule has 1 saturated heterocycles. The Morgan fingerprint density at radius 1 is 0.952 bits per heavy atom. The van der Waals surface area contributed by atoms with Gasteiger partial charge in [0.2, 0.25) is 0 Å². The fourth-order valence-corrected chi connectivity index (χ4v) is 5.54. The molecule has 0 aromatic heterocycles. The lowest BCUT2D eigenvalue weighted by molar-refractivity contribution is 0.241. The molecule has 2 aliphatic rings. The maximum absolute atomic E-state index is 2.46. The van der Waals surface area contributed by atoms with Crippen molar-refractivity contribution in [3.05, 3.63) is 71.3 Å². The maximum atomic E-state index is 2.46. The van der Waals surface area contributed by atoms with Crippen LogP contribution in [0.25, 0.3) is 0 Å². The van der Waals surface area contributed by atoms with Gasteiger partial charge in [0.05, 0.1) is 5.25 Å². The summed E-state index contributed by atoms with van der Waals surface area (Å²) in [6.45, 7) is 2.42. The number of likely N-dealkylation sites (tertiary alicyclic amines) is 1. The van der Waals surface area contributed by atoms with Gasteiger partial charge < -0.3 is 4.90 Å². The molecule has 1 spiro atoms. The van der Waals surface area contributed by atoms with Crippen molar-refractivity contribution in [2.24, 2.45) is 0 Å². The second-order valence-corrected chi connectivity index (χ2v) is 7.78. The van der Waals surface area contributed by atoms with Crippen molar-refractivity contribution in [2.45, 2.75) is 22.8 Å². The van der Waals surface area contributed by atoms with Crippen molar-refractivity contribution in [3.63, 3.8) is 0 Å². The predicted molar refractivity (Wildman–Crippen MR) is 90.7 cm³/mol. The Hall–Kier alpha value is -1.25. The van der Waals surface area contributed by atoms with Gasteiger partial charge in [0.25, 0.3) is 0 Å². The number of nitrogens with zero attached hydrogens (tertiary/aromatic N) is 1. The molecule has 2 aromatic carbocycles. The average molecular weight is 295 g/mol. The zero-order valence-corrected chi connectivity index (χ0v) is 13.3. The molecule has 1 unspecified atom stereocenters. The minimum Gasteiger partial charge on any atom is -0.306 e. The van der Waals surface area contributed by atoms with Crippen molar-refractivity contribution in [1.82, 2.24) is 4.90 Å². The molecule has 21 heavy (non-hydrogen) atoms. The fourth-order valence-electron chi connectivity index (χ4n) is 3.74. The van der Waals surface area contributed by atoms with Gasteiger partial charge in [-0.1, -0.05) is 54.6 Å². The Balaban J connectivity index is 1.77. The van der Waals surface area contributed by atoms with Gasteiger partial charge in [0.15, 0.2) is 0 Å². The first-order valence-electron chi connectivity index (χ1n) is 7.79. The first-order chi connectivity index (χ1) is 10.3. The second-order valence-electron chi connectivity index (χ2n) is 6.29. The van der Waals surface area contributed by atoms with Gasteiger partial charge in [-0.2, -0.15) is 0 Å². The van der Waals surface area contributed by atoms with Crippen molar-refractivity contribution in [1.29, 1.82) is 0 Å². The second kappa shape index (κ2) is 5.19. The highest BCUT2D eigenvalue weighted by molar-refractivity contribution is 8.01. The van der Waals surface area contributed by atoms with E-state index in [4.69, 9.17) is 0 Å². The quantitative estimate of drug-likeness (QED) is 0.765. The summed E-state index contributed by atoms with van der Waals surface area (Å²) in [5.74, 6) is 0. The Kier molecular flexibility index (Phi) is 3.31. The van der Waals surface area contributed by atoms with E-state index in [-0.39, 0.29) is 0 Å². The van der Waals surface area contributed by atoms with E-state index in [1.807, 2.05) is 0 Å². The van der Waals surface area contributed by atoms with E-state index in [9.17, 15) is 0 Å². The number of hydrogen-bond acceptors (Lipinski definition) is 2. The van der Waals surface area contributed by atoms with Crippen molar-refractivity contribution in [3.8, 4) is 0 Å². The van der Waals surface area contributed by atoms with E-state index in [1.165, 1.54) is 31.5 Å². The third kappa shape index (κ3) is 2.21. The summed E-state index contributed by atoms with van der Waals surface area (Å²) in [6.07, 6.45) is 2.54. The Labute approximate surface area is 131 Å². The number of piperidine rings is 1. The lowest BCUT2D eigenvalue weighted by Gasteiger charge is -2.38. The largest absolute Gasteiger partial charge is 0.306 e. The first-order valence-corrected chi connectivity index (χ1v) is 8.67. The molecule has 1 nitrogen and oxygen atoms in total. The summed E-state index contributed by atoms with van der Waals surface area (Å²) in [5, 5.41) is 0.505. The number of fused-ring (bicyclic) bond motifs is 2. The van der Waals surface area contributed by atoms with E-state index in [0.717, 1.165) is 0 Å². The molecule has 4 rings (SSSR count). The molecule has 1 fully saturated rings. The summed E-state index contributed by atoms with van der Waals surface area (Å²) < 4.78 is 0.337. The highest BCUT2D eigenvalue weighted by atomic mass is 32.2. The van der Waals surface area contributed by atoms with Crippen LogP contribution in [0.1, 0.15) is 34.8 Å². The molecule has 0 saturated carbocycles. The molecule has 2 aromatic rings. The van der Waals surface area contributed by atoms with E-state index in [0.29, 0.717) is 10.00 Å². The zero-order valence-electron chi connectivity index (χ0n) is 12.5. The molecule has 108 valence electrons. The number of benzene rings is 2. The Morgan fingerprint density at radius 3 is 2.38 bits per heavy atom. The Morgan fingerprint density at radius 2 is 1.62 bits per heavy atom. The SMILES string of the molecule is CN1CCC2(CC1)SC(c1ccccc1)c1ccccc12. The first kappa shape index (κ1) is 13.4. The van der Waals surface area contributed by atoms with Crippen LogP contribution in [0.15, 0.2) is 54.6 Å². The predicted octanol–water partition coefficient (Wildman–Crippen LogP) is 4.44. The summed E-state index contributed by atoms with van der Waals surface area (Å²) in [7, 11) is 2.24. The molecule has 0 radical (unpaired) electrons. The summed E-state index contributed by atoms with van der Waals surface area (Å²) in [5.41, 5.74) is 4.58. The smallest absolute Gasteiger partial charge is 0.0558 e. The number of rotatable bonds is 1. The molecule has 1 atom stereocenters. The molecule has 0 amide bonds. The third-order valence-corrected chi connectivity index (χ3v) is 6.82. The minimum absolute atomic E-state index is 0.337. The van der Waals surface area contributed by atoms with E-state index in [2.05, 4.69) is 78.3 Å². The standard InChI is InChI=1S/C19H21NS/c1-20-13-11-19(12-14-20)17-10-6-5-9-16(17)18(21-19)15-7-3-2-4-8-15/h2-10,18H,11-14H2,1H3. The van der Waals surface area contributed by atoms with Gasteiger partial charge in [-0.15, -0.1) is 11.8 Å².